The summed E-state index contributed by atoms with van der Waals surface area (Å²) < 4.78 is 7.19. The van der Waals surface area contributed by atoms with Gasteiger partial charge in [-0.3, -0.25) is 14.2 Å². The molecule has 0 aliphatic rings. The number of benzene rings is 2. The van der Waals surface area contributed by atoms with E-state index < -0.39 is 5.25 Å². The molecule has 0 saturated heterocycles. The van der Waals surface area contributed by atoms with Crippen molar-refractivity contribution < 1.29 is 9.53 Å². The average Bonchev–Trinajstić information content (AvgIpc) is 2.74. The fraction of sp³-hybridized carbons (Fsp3) is 0.348. The molecule has 0 saturated carbocycles. The van der Waals surface area contributed by atoms with E-state index in [4.69, 9.17) is 39.5 Å². The standard InChI is InChI=1S/C23H24Cl3N3O3S/c1-13(2)32-10-4-9-29-22(31)17-7-5-16(25)12-20(17)28-23(29)33-14(3)21(30)27-19-8-6-15(24)11-18(19)26/h5-8,11-14H,4,9-10H2,1-3H3,(H,27,30). The Morgan fingerprint density at radius 2 is 1.82 bits per heavy atom. The first-order chi connectivity index (χ1) is 15.7. The molecule has 176 valence electrons. The number of halogens is 3. The van der Waals surface area contributed by atoms with E-state index in [1.165, 1.54) is 11.8 Å². The number of hydrogen-bond acceptors (Lipinski definition) is 5. The minimum Gasteiger partial charge on any atom is -0.379 e. The lowest BCUT2D eigenvalue weighted by Crippen LogP contribution is -2.27. The van der Waals surface area contributed by atoms with Gasteiger partial charge >= 0.3 is 0 Å². The van der Waals surface area contributed by atoms with Crippen LogP contribution in [0.3, 0.4) is 0 Å². The highest BCUT2D eigenvalue weighted by Crippen LogP contribution is 2.28. The number of nitrogens with one attached hydrogen (secondary N) is 1. The van der Waals surface area contributed by atoms with Crippen LogP contribution in [0.1, 0.15) is 27.2 Å². The normalized spacial score (nSPS) is 12.3. The van der Waals surface area contributed by atoms with E-state index in [9.17, 15) is 9.59 Å². The van der Waals surface area contributed by atoms with Gasteiger partial charge in [-0.25, -0.2) is 4.98 Å². The van der Waals surface area contributed by atoms with Gasteiger partial charge in [-0.2, -0.15) is 0 Å². The molecule has 3 rings (SSSR count). The molecule has 0 spiro atoms. The third-order valence-corrected chi connectivity index (χ3v) is 6.57. The molecule has 0 bridgehead atoms. The van der Waals surface area contributed by atoms with Crippen LogP contribution in [-0.2, 0) is 16.1 Å². The molecule has 0 radical (unpaired) electrons. The summed E-state index contributed by atoms with van der Waals surface area (Å²) in [6, 6.07) is 9.82. The van der Waals surface area contributed by atoms with Crippen molar-refractivity contribution >= 4 is 69.1 Å². The molecule has 2 aromatic carbocycles. The molecule has 1 heterocycles. The minimum atomic E-state index is -0.557. The van der Waals surface area contributed by atoms with Gasteiger partial charge in [0.1, 0.15) is 0 Å². The van der Waals surface area contributed by atoms with Gasteiger partial charge in [-0.15, -0.1) is 0 Å². The van der Waals surface area contributed by atoms with Crippen molar-refractivity contribution in [2.75, 3.05) is 11.9 Å². The Hall–Kier alpha value is -1.77. The van der Waals surface area contributed by atoms with Crippen LogP contribution in [0.4, 0.5) is 5.69 Å². The fourth-order valence-electron chi connectivity index (χ4n) is 3.04. The Kier molecular flexibility index (Phi) is 9.07. The number of aromatic nitrogens is 2. The van der Waals surface area contributed by atoms with Crippen molar-refractivity contribution in [2.45, 2.75) is 50.2 Å². The summed E-state index contributed by atoms with van der Waals surface area (Å²) in [6.45, 7) is 6.59. The van der Waals surface area contributed by atoms with E-state index in [2.05, 4.69) is 10.3 Å². The van der Waals surface area contributed by atoms with Crippen LogP contribution in [0.5, 0.6) is 0 Å². The van der Waals surface area contributed by atoms with Gasteiger partial charge in [0.05, 0.1) is 33.0 Å². The predicted octanol–water partition coefficient (Wildman–Crippen LogP) is 6.29. The zero-order chi connectivity index (χ0) is 24.1. The second-order valence-corrected chi connectivity index (χ2v) is 10.2. The third kappa shape index (κ3) is 6.87. The molecule has 0 aliphatic heterocycles. The molecular formula is C23H24Cl3N3O3S. The second-order valence-electron chi connectivity index (χ2n) is 7.66. The summed E-state index contributed by atoms with van der Waals surface area (Å²) in [5.74, 6) is -0.278. The Labute approximate surface area is 211 Å². The summed E-state index contributed by atoms with van der Waals surface area (Å²) in [6.07, 6.45) is 0.740. The maximum Gasteiger partial charge on any atom is 0.262 e. The fourth-order valence-corrected chi connectivity index (χ4v) is 4.60. The summed E-state index contributed by atoms with van der Waals surface area (Å²) in [4.78, 5) is 30.7. The van der Waals surface area contributed by atoms with Crippen LogP contribution in [0, 0.1) is 0 Å². The molecule has 1 atom stereocenters. The van der Waals surface area contributed by atoms with Gasteiger partial charge in [-0.05, 0) is 63.6 Å². The van der Waals surface area contributed by atoms with Crippen molar-refractivity contribution in [3.63, 3.8) is 0 Å². The zero-order valence-electron chi connectivity index (χ0n) is 18.4. The molecule has 10 heteroatoms. The van der Waals surface area contributed by atoms with E-state index in [1.807, 2.05) is 13.8 Å². The molecule has 33 heavy (non-hydrogen) atoms. The highest BCUT2D eigenvalue weighted by atomic mass is 35.5. The molecule has 1 unspecified atom stereocenters. The van der Waals surface area contributed by atoms with Crippen molar-refractivity contribution in [1.82, 2.24) is 9.55 Å². The topological polar surface area (TPSA) is 73.2 Å². The molecule has 1 N–H and O–H groups in total. The first kappa shape index (κ1) is 25.8. The van der Waals surface area contributed by atoms with Crippen LogP contribution >= 0.6 is 46.6 Å². The lowest BCUT2D eigenvalue weighted by Gasteiger charge is -2.17. The highest BCUT2D eigenvalue weighted by molar-refractivity contribution is 8.00. The maximum absolute atomic E-state index is 13.2. The summed E-state index contributed by atoms with van der Waals surface area (Å²) >= 11 is 19.4. The van der Waals surface area contributed by atoms with Crippen LogP contribution in [-0.4, -0.2) is 33.4 Å². The number of thioether (sulfide) groups is 1. The van der Waals surface area contributed by atoms with Crippen molar-refractivity contribution in [2.24, 2.45) is 0 Å². The van der Waals surface area contributed by atoms with E-state index in [1.54, 1.807) is 47.9 Å². The quantitative estimate of drug-likeness (QED) is 0.201. The molecular weight excluding hydrogens is 505 g/mol. The van der Waals surface area contributed by atoms with Gasteiger partial charge in [0, 0.05) is 23.2 Å². The number of hydrogen-bond donors (Lipinski definition) is 1. The lowest BCUT2D eigenvalue weighted by molar-refractivity contribution is -0.115. The van der Waals surface area contributed by atoms with Gasteiger partial charge in [0.15, 0.2) is 5.16 Å². The Morgan fingerprint density at radius 1 is 1.12 bits per heavy atom. The van der Waals surface area contributed by atoms with Crippen molar-refractivity contribution in [1.29, 1.82) is 0 Å². The average molecular weight is 529 g/mol. The highest BCUT2D eigenvalue weighted by Gasteiger charge is 2.20. The molecule has 6 nitrogen and oxygen atoms in total. The van der Waals surface area contributed by atoms with Gasteiger partial charge in [-0.1, -0.05) is 46.6 Å². The predicted molar refractivity (Wildman–Crippen MR) is 137 cm³/mol. The Morgan fingerprint density at radius 3 is 2.52 bits per heavy atom. The second kappa shape index (κ2) is 11.6. The number of ether oxygens (including phenoxy) is 1. The van der Waals surface area contributed by atoms with Gasteiger partial charge in [0.25, 0.3) is 5.56 Å². The number of fused-ring (bicyclic) bond motifs is 1. The Bertz CT molecular complexity index is 1220. The third-order valence-electron chi connectivity index (χ3n) is 4.70. The Balaban J connectivity index is 1.86. The molecule has 1 amide bonds. The zero-order valence-corrected chi connectivity index (χ0v) is 21.5. The number of amides is 1. The first-order valence-electron chi connectivity index (χ1n) is 10.4. The van der Waals surface area contributed by atoms with Gasteiger partial charge < -0.3 is 10.1 Å². The van der Waals surface area contributed by atoms with E-state index in [0.29, 0.717) is 56.4 Å². The lowest BCUT2D eigenvalue weighted by atomic mass is 10.2. The largest absolute Gasteiger partial charge is 0.379 e. The van der Waals surface area contributed by atoms with E-state index in [0.717, 1.165) is 0 Å². The summed E-state index contributed by atoms with van der Waals surface area (Å²) in [7, 11) is 0. The van der Waals surface area contributed by atoms with Crippen LogP contribution in [0.15, 0.2) is 46.3 Å². The smallest absolute Gasteiger partial charge is 0.262 e. The summed E-state index contributed by atoms with van der Waals surface area (Å²) in [5, 5.41) is 4.45. The molecule has 0 aliphatic carbocycles. The number of carbonyl (C=O) groups excluding carboxylic acids is 1. The molecule has 0 fully saturated rings. The molecule has 1 aromatic heterocycles. The maximum atomic E-state index is 13.2. The number of nitrogens with zero attached hydrogens (tertiary/aromatic N) is 2. The number of carbonyl (C=O) groups is 1. The van der Waals surface area contributed by atoms with Crippen molar-refractivity contribution in [3.8, 4) is 0 Å². The van der Waals surface area contributed by atoms with Crippen LogP contribution in [0.25, 0.3) is 10.9 Å². The van der Waals surface area contributed by atoms with E-state index in [-0.39, 0.29) is 17.6 Å². The first-order valence-corrected chi connectivity index (χ1v) is 12.4. The van der Waals surface area contributed by atoms with Gasteiger partial charge in [0.2, 0.25) is 5.91 Å². The van der Waals surface area contributed by atoms with Crippen LogP contribution in [0.2, 0.25) is 15.1 Å². The van der Waals surface area contributed by atoms with Crippen molar-refractivity contribution in [3.05, 3.63) is 61.8 Å². The molecule has 3 aromatic rings. The SMILES string of the molecule is CC(C)OCCCn1c(SC(C)C(=O)Nc2ccc(Cl)cc2Cl)nc2cc(Cl)ccc2c1=O. The van der Waals surface area contributed by atoms with Crippen LogP contribution < -0.4 is 10.9 Å². The van der Waals surface area contributed by atoms with E-state index >= 15 is 0 Å². The number of anilines is 1. The minimum absolute atomic E-state index is 0.107. The number of rotatable bonds is 9. The summed E-state index contributed by atoms with van der Waals surface area (Å²) in [5.41, 5.74) is 0.759. The monoisotopic (exact) mass is 527 g/mol.